The van der Waals surface area contributed by atoms with Gasteiger partial charge in [-0.05, 0) is 59.7 Å². The van der Waals surface area contributed by atoms with E-state index in [0.29, 0.717) is 0 Å². The first-order valence-electron chi connectivity index (χ1n) is 10.7. The summed E-state index contributed by atoms with van der Waals surface area (Å²) < 4.78 is 51.0. The molecule has 2 amide bonds. The van der Waals surface area contributed by atoms with Gasteiger partial charge in [0.1, 0.15) is 11.2 Å². The molecule has 1 fully saturated rings. The molecule has 1 aromatic carbocycles. The van der Waals surface area contributed by atoms with Gasteiger partial charge in [-0.2, -0.15) is 13.2 Å². The SMILES string of the molecule is CC(C)(C)OC(=O)/N=C(/NC(=O)OC(C)(C)C)N1CCN(c2ccc(N)cc2C(F)(F)F)CC1. The maximum atomic E-state index is 13.5. The first kappa shape index (κ1) is 27.1. The smallest absolute Gasteiger partial charge is 0.437 e. The van der Waals surface area contributed by atoms with Crippen molar-refractivity contribution in [1.29, 1.82) is 0 Å². The number of nitrogens with two attached hydrogens (primary N) is 1. The summed E-state index contributed by atoms with van der Waals surface area (Å²) in [4.78, 5) is 31.6. The molecule has 3 N–H and O–H groups in total. The Morgan fingerprint density at radius 1 is 0.971 bits per heavy atom. The van der Waals surface area contributed by atoms with Gasteiger partial charge in [0.25, 0.3) is 0 Å². The highest BCUT2D eigenvalue weighted by Gasteiger charge is 2.36. The number of hydrogen-bond acceptors (Lipinski definition) is 6. The molecule has 0 saturated carbocycles. The average Bonchev–Trinajstić information content (AvgIpc) is 2.64. The Morgan fingerprint density at radius 2 is 1.53 bits per heavy atom. The van der Waals surface area contributed by atoms with Crippen LogP contribution in [0, 0.1) is 0 Å². The Balaban J connectivity index is 2.22. The number of amides is 2. The van der Waals surface area contributed by atoms with Crippen molar-refractivity contribution in [2.45, 2.75) is 58.9 Å². The van der Waals surface area contributed by atoms with Crippen molar-refractivity contribution in [2.75, 3.05) is 36.8 Å². The zero-order chi connectivity index (χ0) is 25.9. The van der Waals surface area contributed by atoms with Crippen LogP contribution in [0.4, 0.5) is 34.1 Å². The third-order valence-electron chi connectivity index (χ3n) is 4.45. The van der Waals surface area contributed by atoms with Crippen LogP contribution >= 0.6 is 0 Å². The summed E-state index contributed by atoms with van der Waals surface area (Å²) in [6.45, 7) is 10.8. The number of alkyl carbamates (subject to hydrolysis) is 1. The van der Waals surface area contributed by atoms with Gasteiger partial charge >= 0.3 is 18.4 Å². The molecule has 0 spiro atoms. The third-order valence-corrected chi connectivity index (χ3v) is 4.45. The van der Waals surface area contributed by atoms with Gasteiger partial charge in [-0.3, -0.25) is 5.32 Å². The molecule has 9 nitrogen and oxygen atoms in total. The number of nitrogens with zero attached hydrogens (tertiary/aromatic N) is 3. The molecule has 0 unspecified atom stereocenters. The highest BCUT2D eigenvalue weighted by molar-refractivity contribution is 5.99. The van der Waals surface area contributed by atoms with Crippen molar-refractivity contribution >= 4 is 29.5 Å². The first-order chi connectivity index (χ1) is 15.4. The number of piperazine rings is 1. The van der Waals surface area contributed by atoms with Crippen molar-refractivity contribution in [3.05, 3.63) is 23.8 Å². The van der Waals surface area contributed by atoms with Gasteiger partial charge in [-0.15, -0.1) is 4.99 Å². The molecular weight excluding hydrogens is 455 g/mol. The van der Waals surface area contributed by atoms with E-state index in [0.717, 1.165) is 6.07 Å². The van der Waals surface area contributed by atoms with Crippen molar-refractivity contribution in [1.82, 2.24) is 10.2 Å². The van der Waals surface area contributed by atoms with Crippen LogP contribution in [0.15, 0.2) is 23.2 Å². The molecule has 0 atom stereocenters. The van der Waals surface area contributed by atoms with Crippen LogP contribution in [0.25, 0.3) is 0 Å². The Bertz CT molecular complexity index is 928. The van der Waals surface area contributed by atoms with E-state index in [2.05, 4.69) is 10.3 Å². The van der Waals surface area contributed by atoms with Gasteiger partial charge in [0, 0.05) is 37.6 Å². The minimum Gasteiger partial charge on any atom is -0.444 e. The second kappa shape index (κ2) is 9.98. The van der Waals surface area contributed by atoms with E-state index in [4.69, 9.17) is 15.2 Å². The van der Waals surface area contributed by atoms with E-state index in [-0.39, 0.29) is 43.5 Å². The van der Waals surface area contributed by atoms with Gasteiger partial charge in [0.15, 0.2) is 0 Å². The van der Waals surface area contributed by atoms with Crippen molar-refractivity contribution in [3.8, 4) is 0 Å². The molecule has 2 rings (SSSR count). The summed E-state index contributed by atoms with van der Waals surface area (Å²) in [7, 11) is 0. The number of ether oxygens (including phenoxy) is 2. The van der Waals surface area contributed by atoms with E-state index >= 15 is 0 Å². The largest absolute Gasteiger partial charge is 0.444 e. The fraction of sp³-hybridized carbons (Fsp3) is 0.591. The summed E-state index contributed by atoms with van der Waals surface area (Å²) in [5.41, 5.74) is 3.16. The molecule has 0 bridgehead atoms. The number of carbonyl (C=O) groups is 2. The van der Waals surface area contributed by atoms with Crippen LogP contribution < -0.4 is 16.0 Å². The van der Waals surface area contributed by atoms with Crippen LogP contribution in [0.5, 0.6) is 0 Å². The van der Waals surface area contributed by atoms with Gasteiger partial charge in [-0.1, -0.05) is 0 Å². The summed E-state index contributed by atoms with van der Waals surface area (Å²) in [6.07, 6.45) is -6.31. The number of guanidine groups is 1. The van der Waals surface area contributed by atoms with Gasteiger partial charge < -0.3 is 25.0 Å². The van der Waals surface area contributed by atoms with E-state index in [9.17, 15) is 22.8 Å². The first-order valence-corrected chi connectivity index (χ1v) is 10.7. The highest BCUT2D eigenvalue weighted by Crippen LogP contribution is 2.38. The lowest BCUT2D eigenvalue weighted by molar-refractivity contribution is -0.137. The number of halogens is 3. The average molecular weight is 488 g/mol. The number of carbonyl (C=O) groups excluding carboxylic acids is 2. The number of nitrogen functional groups attached to an aromatic ring is 1. The summed E-state index contributed by atoms with van der Waals surface area (Å²) in [6, 6.07) is 3.65. The normalized spacial score (nSPS) is 15.7. The molecule has 1 saturated heterocycles. The molecule has 1 heterocycles. The number of anilines is 2. The second-order valence-electron chi connectivity index (χ2n) is 9.79. The highest BCUT2D eigenvalue weighted by atomic mass is 19.4. The summed E-state index contributed by atoms with van der Waals surface area (Å²) in [5, 5.41) is 2.46. The van der Waals surface area contributed by atoms with E-state index < -0.39 is 35.1 Å². The standard InChI is InChI=1S/C22H32F3N5O4/c1-20(2,3)33-18(31)27-17(28-19(32)34-21(4,5)6)30-11-9-29(10-12-30)16-8-7-14(26)13-15(16)22(23,24)25/h7-8,13H,9-12,26H2,1-6H3,(H,27,28,31,32). The topological polar surface area (TPSA) is 109 Å². The monoisotopic (exact) mass is 487 g/mol. The van der Waals surface area contributed by atoms with Crippen molar-refractivity contribution < 1.29 is 32.2 Å². The molecule has 1 aromatic rings. The fourth-order valence-electron chi connectivity index (χ4n) is 3.16. The zero-order valence-corrected chi connectivity index (χ0v) is 20.2. The maximum absolute atomic E-state index is 13.5. The fourth-order valence-corrected chi connectivity index (χ4v) is 3.16. The Hall–Kier alpha value is -3.18. The van der Waals surface area contributed by atoms with E-state index in [1.54, 1.807) is 51.3 Å². The second-order valence-corrected chi connectivity index (χ2v) is 9.79. The Kier molecular flexibility index (Phi) is 7.94. The zero-order valence-electron chi connectivity index (χ0n) is 20.2. The molecule has 190 valence electrons. The van der Waals surface area contributed by atoms with Crippen LogP contribution in [0.2, 0.25) is 0 Å². The molecule has 0 aliphatic carbocycles. The lowest BCUT2D eigenvalue weighted by Gasteiger charge is -2.38. The number of rotatable bonds is 1. The van der Waals surface area contributed by atoms with E-state index in [1.165, 1.54) is 12.1 Å². The number of alkyl halides is 3. The molecule has 0 radical (unpaired) electrons. The number of nitrogens with one attached hydrogen (secondary N) is 1. The maximum Gasteiger partial charge on any atom is 0.437 e. The van der Waals surface area contributed by atoms with Crippen molar-refractivity contribution in [2.24, 2.45) is 4.99 Å². The minimum absolute atomic E-state index is 0.00656. The third kappa shape index (κ3) is 8.31. The number of hydrogen-bond donors (Lipinski definition) is 2. The predicted octanol–water partition coefficient (Wildman–Crippen LogP) is 4.23. The van der Waals surface area contributed by atoms with Crippen LogP contribution in [-0.2, 0) is 15.7 Å². The summed E-state index contributed by atoms with van der Waals surface area (Å²) in [5.74, 6) is -0.100. The lowest BCUT2D eigenvalue weighted by atomic mass is 10.1. The molecule has 0 aromatic heterocycles. The molecular formula is C22H32F3N5O4. The number of aliphatic imine (C=N–C) groups is 1. The minimum atomic E-state index is -4.57. The van der Waals surface area contributed by atoms with Crippen molar-refractivity contribution in [3.63, 3.8) is 0 Å². The molecule has 34 heavy (non-hydrogen) atoms. The summed E-state index contributed by atoms with van der Waals surface area (Å²) >= 11 is 0. The van der Waals surface area contributed by atoms with Gasteiger partial charge in [-0.25, -0.2) is 9.59 Å². The van der Waals surface area contributed by atoms with Gasteiger partial charge in [0.05, 0.1) is 5.56 Å². The van der Waals surface area contributed by atoms with Crippen LogP contribution in [0.3, 0.4) is 0 Å². The van der Waals surface area contributed by atoms with Gasteiger partial charge in [0.2, 0.25) is 5.96 Å². The lowest BCUT2D eigenvalue weighted by Crippen LogP contribution is -2.54. The van der Waals surface area contributed by atoms with Crippen LogP contribution in [-0.4, -0.2) is 60.4 Å². The molecule has 1 aliphatic rings. The quantitative estimate of drug-likeness (QED) is 0.347. The van der Waals surface area contributed by atoms with E-state index in [1.807, 2.05) is 0 Å². The Labute approximate surface area is 197 Å². The number of benzene rings is 1. The Morgan fingerprint density at radius 3 is 2.03 bits per heavy atom. The predicted molar refractivity (Wildman–Crippen MR) is 123 cm³/mol. The molecule has 1 aliphatic heterocycles. The van der Waals surface area contributed by atoms with Crippen LogP contribution in [0.1, 0.15) is 47.1 Å². The molecule has 12 heteroatoms.